The molecule has 2 N–H and O–H groups in total. The topological polar surface area (TPSA) is 63.4 Å². The minimum atomic E-state index is -3.05. The highest BCUT2D eigenvalue weighted by Crippen LogP contribution is 2.33. The van der Waals surface area contributed by atoms with Crippen LogP contribution in [0.3, 0.4) is 0 Å². The highest BCUT2D eigenvalue weighted by atomic mass is 32.2. The summed E-state index contributed by atoms with van der Waals surface area (Å²) in [5.74, 6) is 0.774. The SMILES string of the molecule is NCCN(C1CCCC1)S(=O)(=O)CC1CC1. The Bertz CT molecular complexity index is 319. The van der Waals surface area contributed by atoms with Crippen LogP contribution in [0.25, 0.3) is 0 Å². The smallest absolute Gasteiger partial charge is 0.214 e. The number of sulfonamides is 1. The van der Waals surface area contributed by atoms with Gasteiger partial charge in [-0.25, -0.2) is 8.42 Å². The number of nitrogens with zero attached hydrogens (tertiary/aromatic N) is 1. The Morgan fingerprint density at radius 2 is 1.75 bits per heavy atom. The van der Waals surface area contributed by atoms with E-state index in [0.29, 0.717) is 24.8 Å². The number of hydrogen-bond donors (Lipinski definition) is 1. The molecule has 0 amide bonds. The van der Waals surface area contributed by atoms with E-state index in [9.17, 15) is 8.42 Å². The monoisotopic (exact) mass is 246 g/mol. The fraction of sp³-hybridized carbons (Fsp3) is 1.00. The van der Waals surface area contributed by atoms with Crippen LogP contribution in [0, 0.1) is 5.92 Å². The maximum absolute atomic E-state index is 12.2. The molecule has 2 rings (SSSR count). The molecule has 0 spiro atoms. The lowest BCUT2D eigenvalue weighted by atomic mass is 10.2. The molecule has 2 fully saturated rings. The first kappa shape index (κ1) is 12.3. The van der Waals surface area contributed by atoms with Crippen LogP contribution in [-0.4, -0.2) is 37.6 Å². The lowest BCUT2D eigenvalue weighted by Crippen LogP contribution is -2.43. The van der Waals surface area contributed by atoms with Gasteiger partial charge in [0.05, 0.1) is 5.75 Å². The van der Waals surface area contributed by atoms with E-state index in [1.807, 2.05) is 0 Å². The molecule has 0 aromatic heterocycles. The molecule has 0 unspecified atom stereocenters. The predicted octanol–water partition coefficient (Wildman–Crippen LogP) is 0.929. The molecule has 0 aromatic carbocycles. The third kappa shape index (κ3) is 2.96. The van der Waals surface area contributed by atoms with Gasteiger partial charge < -0.3 is 5.73 Å². The standard InChI is InChI=1S/C11H22N2O2S/c12-7-8-13(11-3-1-2-4-11)16(14,15)9-10-5-6-10/h10-11H,1-9,12H2. The summed E-state index contributed by atoms with van der Waals surface area (Å²) in [4.78, 5) is 0. The summed E-state index contributed by atoms with van der Waals surface area (Å²) in [5, 5.41) is 0. The number of hydrogen-bond acceptors (Lipinski definition) is 3. The summed E-state index contributed by atoms with van der Waals surface area (Å²) < 4.78 is 26.1. The summed E-state index contributed by atoms with van der Waals surface area (Å²) in [6.45, 7) is 0.931. The van der Waals surface area contributed by atoms with E-state index in [1.165, 1.54) is 0 Å². The van der Waals surface area contributed by atoms with Crippen LogP contribution in [0.2, 0.25) is 0 Å². The number of nitrogens with two attached hydrogens (primary N) is 1. The van der Waals surface area contributed by atoms with Gasteiger partial charge in [0.1, 0.15) is 0 Å². The summed E-state index contributed by atoms with van der Waals surface area (Å²) in [7, 11) is -3.05. The van der Waals surface area contributed by atoms with Gasteiger partial charge >= 0.3 is 0 Å². The van der Waals surface area contributed by atoms with Crippen molar-refractivity contribution in [3.05, 3.63) is 0 Å². The van der Waals surface area contributed by atoms with E-state index in [4.69, 9.17) is 5.73 Å². The van der Waals surface area contributed by atoms with Crippen molar-refractivity contribution in [2.24, 2.45) is 11.7 Å². The number of rotatable bonds is 6. The zero-order chi connectivity index (χ0) is 11.6. The van der Waals surface area contributed by atoms with Crippen molar-refractivity contribution < 1.29 is 8.42 Å². The summed E-state index contributed by atoms with van der Waals surface area (Å²) >= 11 is 0. The van der Waals surface area contributed by atoms with Crippen LogP contribution in [0.5, 0.6) is 0 Å². The molecule has 0 aromatic rings. The second kappa shape index (κ2) is 5.02. The third-order valence-electron chi connectivity index (χ3n) is 3.58. The Balaban J connectivity index is 2.03. The zero-order valence-corrected chi connectivity index (χ0v) is 10.6. The Kier molecular flexibility index (Phi) is 3.87. The summed E-state index contributed by atoms with van der Waals surface area (Å²) in [5.41, 5.74) is 5.53. The summed E-state index contributed by atoms with van der Waals surface area (Å²) in [6, 6.07) is 0.229. The fourth-order valence-corrected chi connectivity index (χ4v) is 4.72. The van der Waals surface area contributed by atoms with E-state index in [0.717, 1.165) is 38.5 Å². The molecule has 0 bridgehead atoms. The molecule has 2 aliphatic rings. The van der Waals surface area contributed by atoms with E-state index in [-0.39, 0.29) is 6.04 Å². The second-order valence-corrected chi connectivity index (χ2v) is 7.03. The minimum absolute atomic E-state index is 0.229. The van der Waals surface area contributed by atoms with Crippen molar-refractivity contribution in [3.8, 4) is 0 Å². The van der Waals surface area contributed by atoms with E-state index < -0.39 is 10.0 Å². The molecule has 2 aliphatic carbocycles. The lowest BCUT2D eigenvalue weighted by Gasteiger charge is -2.27. The predicted molar refractivity (Wildman–Crippen MR) is 64.5 cm³/mol. The van der Waals surface area contributed by atoms with Gasteiger partial charge in [0.25, 0.3) is 0 Å². The van der Waals surface area contributed by atoms with Gasteiger partial charge in [-0.15, -0.1) is 0 Å². The molecule has 0 heterocycles. The van der Waals surface area contributed by atoms with Crippen molar-refractivity contribution >= 4 is 10.0 Å². The van der Waals surface area contributed by atoms with E-state index in [2.05, 4.69) is 0 Å². The van der Waals surface area contributed by atoms with Crippen LogP contribution in [0.4, 0.5) is 0 Å². The largest absolute Gasteiger partial charge is 0.329 e. The van der Waals surface area contributed by atoms with Crippen LogP contribution >= 0.6 is 0 Å². The van der Waals surface area contributed by atoms with Crippen molar-refractivity contribution in [1.82, 2.24) is 4.31 Å². The molecule has 4 nitrogen and oxygen atoms in total. The molecule has 94 valence electrons. The first-order chi connectivity index (χ1) is 7.63. The van der Waals surface area contributed by atoms with Crippen LogP contribution in [-0.2, 0) is 10.0 Å². The van der Waals surface area contributed by atoms with Gasteiger partial charge in [-0.3, -0.25) is 0 Å². The molecule has 5 heteroatoms. The summed E-state index contributed by atoms with van der Waals surface area (Å²) in [6.07, 6.45) is 6.52. The average Bonchev–Trinajstić information content (AvgIpc) is 2.86. The fourth-order valence-electron chi connectivity index (χ4n) is 2.55. The van der Waals surface area contributed by atoms with Crippen LogP contribution < -0.4 is 5.73 Å². The highest BCUT2D eigenvalue weighted by molar-refractivity contribution is 7.89. The molecular formula is C11H22N2O2S. The Labute approximate surface area is 98.2 Å². The Morgan fingerprint density at radius 1 is 1.12 bits per heavy atom. The van der Waals surface area contributed by atoms with Crippen LogP contribution in [0.1, 0.15) is 38.5 Å². The third-order valence-corrected chi connectivity index (χ3v) is 5.67. The maximum atomic E-state index is 12.2. The van der Waals surface area contributed by atoms with E-state index in [1.54, 1.807) is 4.31 Å². The molecule has 16 heavy (non-hydrogen) atoms. The first-order valence-corrected chi connectivity index (χ1v) is 7.94. The van der Waals surface area contributed by atoms with Gasteiger partial charge in [-0.05, 0) is 31.6 Å². The molecule has 0 saturated heterocycles. The van der Waals surface area contributed by atoms with Gasteiger partial charge in [0, 0.05) is 19.1 Å². The second-order valence-electron chi connectivity index (χ2n) is 5.06. The maximum Gasteiger partial charge on any atom is 0.214 e. The van der Waals surface area contributed by atoms with Crippen molar-refractivity contribution in [3.63, 3.8) is 0 Å². The first-order valence-electron chi connectivity index (χ1n) is 6.33. The normalized spacial score (nSPS) is 23.1. The van der Waals surface area contributed by atoms with E-state index >= 15 is 0 Å². The Morgan fingerprint density at radius 3 is 2.25 bits per heavy atom. The van der Waals surface area contributed by atoms with Gasteiger partial charge in [0.15, 0.2) is 0 Å². The van der Waals surface area contributed by atoms with Gasteiger partial charge in [0.2, 0.25) is 10.0 Å². The zero-order valence-electron chi connectivity index (χ0n) is 9.77. The molecular weight excluding hydrogens is 224 g/mol. The lowest BCUT2D eigenvalue weighted by molar-refractivity contribution is 0.328. The minimum Gasteiger partial charge on any atom is -0.329 e. The highest BCUT2D eigenvalue weighted by Gasteiger charge is 2.35. The van der Waals surface area contributed by atoms with Crippen molar-refractivity contribution in [2.75, 3.05) is 18.8 Å². The van der Waals surface area contributed by atoms with Crippen LogP contribution in [0.15, 0.2) is 0 Å². The van der Waals surface area contributed by atoms with Gasteiger partial charge in [-0.2, -0.15) is 4.31 Å². The molecule has 0 atom stereocenters. The molecule has 2 saturated carbocycles. The average molecular weight is 246 g/mol. The quantitative estimate of drug-likeness (QED) is 0.758. The van der Waals surface area contributed by atoms with Crippen molar-refractivity contribution in [2.45, 2.75) is 44.6 Å². The van der Waals surface area contributed by atoms with Crippen molar-refractivity contribution in [1.29, 1.82) is 0 Å². The van der Waals surface area contributed by atoms with Gasteiger partial charge in [-0.1, -0.05) is 12.8 Å². The molecule has 0 aliphatic heterocycles. The molecule has 0 radical (unpaired) electrons. The Hall–Kier alpha value is -0.130.